The van der Waals surface area contributed by atoms with E-state index < -0.39 is 0 Å². The summed E-state index contributed by atoms with van der Waals surface area (Å²) < 4.78 is 0. The third-order valence-corrected chi connectivity index (χ3v) is 6.34. The summed E-state index contributed by atoms with van der Waals surface area (Å²) in [6.45, 7) is 4.15. The van der Waals surface area contributed by atoms with Gasteiger partial charge in [-0.1, -0.05) is 118 Å². The van der Waals surface area contributed by atoms with Crippen LogP contribution in [0.25, 0.3) is 0 Å². The van der Waals surface area contributed by atoms with Crippen LogP contribution in [0.5, 0.6) is 0 Å². The summed E-state index contributed by atoms with van der Waals surface area (Å²) in [5, 5.41) is 0. The fourth-order valence-corrected chi connectivity index (χ4v) is 4.54. The zero-order chi connectivity index (χ0) is 25.5. The van der Waals surface area contributed by atoms with Crippen LogP contribution in [0.15, 0.2) is 97.1 Å². The second kappa shape index (κ2) is 11.5. The standard InChI is InChI=1S/C33H30O3/c1-3-11-23-17-19-27(20-18-23)31(34)28-22-21-24(12-4-2)29(32(35)25-13-7-5-8-14-25)30(28)33(36)26-15-9-6-10-16-26/h5-10,13-22H,3-4,11-12H2,1-2H3. The van der Waals surface area contributed by atoms with Crippen molar-refractivity contribution in [2.75, 3.05) is 0 Å². The van der Waals surface area contributed by atoms with Crippen molar-refractivity contribution in [2.45, 2.75) is 39.5 Å². The van der Waals surface area contributed by atoms with Gasteiger partial charge in [-0.25, -0.2) is 0 Å². The molecular formula is C33H30O3. The van der Waals surface area contributed by atoms with Crippen molar-refractivity contribution >= 4 is 17.3 Å². The van der Waals surface area contributed by atoms with Crippen LogP contribution in [0.1, 0.15) is 85.6 Å². The quantitative estimate of drug-likeness (QED) is 0.227. The molecule has 0 amide bonds. The molecule has 0 radical (unpaired) electrons. The van der Waals surface area contributed by atoms with Crippen molar-refractivity contribution in [1.82, 2.24) is 0 Å². The Balaban J connectivity index is 1.94. The Morgan fingerprint density at radius 2 is 1.00 bits per heavy atom. The van der Waals surface area contributed by atoms with Gasteiger partial charge in [0.2, 0.25) is 0 Å². The highest BCUT2D eigenvalue weighted by Gasteiger charge is 2.28. The Morgan fingerprint density at radius 3 is 1.53 bits per heavy atom. The van der Waals surface area contributed by atoms with Crippen LogP contribution in [-0.4, -0.2) is 17.3 Å². The Kier molecular flexibility index (Phi) is 8.02. The van der Waals surface area contributed by atoms with E-state index in [9.17, 15) is 14.4 Å². The van der Waals surface area contributed by atoms with Crippen LogP contribution >= 0.6 is 0 Å². The first kappa shape index (κ1) is 25.0. The Labute approximate surface area is 212 Å². The van der Waals surface area contributed by atoms with Gasteiger partial charge in [-0.2, -0.15) is 0 Å². The number of benzene rings is 4. The normalized spacial score (nSPS) is 10.7. The fourth-order valence-electron chi connectivity index (χ4n) is 4.54. The molecule has 0 aliphatic heterocycles. The van der Waals surface area contributed by atoms with E-state index in [4.69, 9.17) is 0 Å². The minimum atomic E-state index is -0.321. The molecule has 0 aliphatic carbocycles. The second-order valence-electron chi connectivity index (χ2n) is 8.94. The molecule has 0 aromatic heterocycles. The average molecular weight is 475 g/mol. The van der Waals surface area contributed by atoms with E-state index in [1.54, 1.807) is 54.6 Å². The Bertz CT molecular complexity index is 1370. The maximum absolute atomic E-state index is 14.0. The molecule has 0 saturated heterocycles. The van der Waals surface area contributed by atoms with Crippen molar-refractivity contribution in [3.63, 3.8) is 0 Å². The molecule has 4 aromatic carbocycles. The molecule has 36 heavy (non-hydrogen) atoms. The minimum absolute atomic E-state index is 0.184. The fraction of sp³-hybridized carbons (Fsp3) is 0.182. The smallest absolute Gasteiger partial charge is 0.194 e. The van der Waals surface area contributed by atoms with Crippen molar-refractivity contribution in [3.05, 3.63) is 142 Å². The Morgan fingerprint density at radius 1 is 0.500 bits per heavy atom. The van der Waals surface area contributed by atoms with Crippen molar-refractivity contribution in [3.8, 4) is 0 Å². The van der Waals surface area contributed by atoms with E-state index in [1.165, 1.54) is 0 Å². The zero-order valence-corrected chi connectivity index (χ0v) is 20.8. The maximum Gasteiger partial charge on any atom is 0.194 e. The van der Waals surface area contributed by atoms with Gasteiger partial charge < -0.3 is 0 Å². The largest absolute Gasteiger partial charge is 0.289 e. The molecule has 0 aliphatic rings. The predicted molar refractivity (Wildman–Crippen MR) is 144 cm³/mol. The van der Waals surface area contributed by atoms with Crippen LogP contribution in [-0.2, 0) is 12.8 Å². The van der Waals surface area contributed by atoms with Gasteiger partial charge in [0.25, 0.3) is 0 Å². The Hall–Kier alpha value is -4.11. The molecule has 0 fully saturated rings. The summed E-state index contributed by atoms with van der Waals surface area (Å²) in [6.07, 6.45) is 3.39. The van der Waals surface area contributed by atoms with Crippen LogP contribution in [0.4, 0.5) is 0 Å². The summed E-state index contributed by atoms with van der Waals surface area (Å²) in [6, 6.07) is 28.9. The predicted octanol–water partition coefficient (Wildman–Crippen LogP) is 7.28. The lowest BCUT2D eigenvalue weighted by Crippen LogP contribution is -2.19. The molecule has 0 spiro atoms. The molecule has 180 valence electrons. The molecule has 0 atom stereocenters. The molecule has 0 heterocycles. The second-order valence-corrected chi connectivity index (χ2v) is 8.94. The van der Waals surface area contributed by atoms with E-state index in [1.807, 2.05) is 49.4 Å². The maximum atomic E-state index is 14.0. The number of hydrogen-bond donors (Lipinski definition) is 0. The topological polar surface area (TPSA) is 51.2 Å². The van der Waals surface area contributed by atoms with Gasteiger partial charge in [0.1, 0.15) is 0 Å². The molecule has 0 unspecified atom stereocenters. The molecule has 4 rings (SSSR count). The van der Waals surface area contributed by atoms with Crippen molar-refractivity contribution in [1.29, 1.82) is 0 Å². The lowest BCUT2D eigenvalue weighted by Gasteiger charge is -2.17. The molecule has 0 saturated carbocycles. The summed E-state index contributed by atoms with van der Waals surface area (Å²) in [4.78, 5) is 41.6. The molecule has 0 N–H and O–H groups in total. The van der Waals surface area contributed by atoms with Gasteiger partial charge >= 0.3 is 0 Å². The van der Waals surface area contributed by atoms with E-state index in [2.05, 4.69) is 6.92 Å². The summed E-state index contributed by atoms with van der Waals surface area (Å²) in [7, 11) is 0. The van der Waals surface area contributed by atoms with Gasteiger partial charge in [0, 0.05) is 33.4 Å². The molecular weight excluding hydrogens is 444 g/mol. The first-order valence-electron chi connectivity index (χ1n) is 12.5. The van der Waals surface area contributed by atoms with Gasteiger partial charge in [-0.3, -0.25) is 14.4 Å². The number of rotatable bonds is 10. The van der Waals surface area contributed by atoms with Gasteiger partial charge in [0.05, 0.1) is 0 Å². The van der Waals surface area contributed by atoms with Gasteiger partial charge in [-0.05, 0) is 30.0 Å². The highest BCUT2D eigenvalue weighted by atomic mass is 16.1. The number of hydrogen-bond acceptors (Lipinski definition) is 3. The summed E-state index contributed by atoms with van der Waals surface area (Å²) in [5.41, 5.74) is 4.14. The number of carbonyl (C=O) groups excluding carboxylic acids is 3. The first-order chi connectivity index (χ1) is 17.5. The number of ketones is 3. The van der Waals surface area contributed by atoms with Crippen molar-refractivity contribution < 1.29 is 14.4 Å². The molecule has 3 heteroatoms. The summed E-state index contributed by atoms with van der Waals surface area (Å²) >= 11 is 0. The van der Waals surface area contributed by atoms with E-state index in [0.29, 0.717) is 28.7 Å². The van der Waals surface area contributed by atoms with Crippen LogP contribution < -0.4 is 0 Å². The van der Waals surface area contributed by atoms with Crippen LogP contribution in [0.2, 0.25) is 0 Å². The highest BCUT2D eigenvalue weighted by molar-refractivity contribution is 6.26. The molecule has 0 bridgehead atoms. The molecule has 4 aromatic rings. The zero-order valence-electron chi connectivity index (χ0n) is 20.8. The van der Waals surface area contributed by atoms with E-state index in [-0.39, 0.29) is 28.5 Å². The van der Waals surface area contributed by atoms with Crippen LogP contribution in [0, 0.1) is 0 Å². The number of aryl methyl sites for hydroxylation is 2. The first-order valence-corrected chi connectivity index (χ1v) is 12.5. The van der Waals surface area contributed by atoms with E-state index in [0.717, 1.165) is 30.4 Å². The number of carbonyl (C=O) groups is 3. The van der Waals surface area contributed by atoms with E-state index >= 15 is 0 Å². The van der Waals surface area contributed by atoms with Gasteiger partial charge in [0.15, 0.2) is 17.3 Å². The lowest BCUT2D eigenvalue weighted by molar-refractivity contribution is 0.0990. The third-order valence-electron chi connectivity index (χ3n) is 6.34. The highest BCUT2D eigenvalue weighted by Crippen LogP contribution is 2.29. The third kappa shape index (κ3) is 5.26. The monoisotopic (exact) mass is 474 g/mol. The lowest BCUT2D eigenvalue weighted by atomic mass is 9.83. The minimum Gasteiger partial charge on any atom is -0.289 e. The van der Waals surface area contributed by atoms with Gasteiger partial charge in [-0.15, -0.1) is 0 Å². The average Bonchev–Trinajstić information content (AvgIpc) is 2.93. The summed E-state index contributed by atoms with van der Waals surface area (Å²) in [5.74, 6) is -0.826. The van der Waals surface area contributed by atoms with Crippen LogP contribution in [0.3, 0.4) is 0 Å². The van der Waals surface area contributed by atoms with Crippen molar-refractivity contribution in [2.24, 2.45) is 0 Å². The SMILES string of the molecule is CCCc1ccc(C(=O)c2ccc(CCC)c(C(=O)c3ccccc3)c2C(=O)c2ccccc2)cc1. The molecule has 3 nitrogen and oxygen atoms in total.